The fourth-order valence-corrected chi connectivity index (χ4v) is 3.98. The molecule has 2 aliphatic heterocycles. The van der Waals surface area contributed by atoms with E-state index in [1.54, 1.807) is 11.8 Å². The van der Waals surface area contributed by atoms with Gasteiger partial charge in [-0.2, -0.15) is 0 Å². The zero-order valence-electron chi connectivity index (χ0n) is 12.6. The number of likely N-dealkylation sites (tertiary alicyclic amines) is 1. The molecule has 1 aromatic heterocycles. The van der Waals surface area contributed by atoms with E-state index in [1.807, 2.05) is 12.3 Å². The van der Waals surface area contributed by atoms with Crippen molar-refractivity contribution >= 4 is 29.2 Å². The molecule has 21 heavy (non-hydrogen) atoms. The average Bonchev–Trinajstić information content (AvgIpc) is 2.55. The minimum atomic E-state index is 0.544. The molecule has 0 unspecified atom stereocenters. The average molecular weight is 327 g/mol. The van der Waals surface area contributed by atoms with Crippen molar-refractivity contribution in [3.63, 3.8) is 0 Å². The van der Waals surface area contributed by atoms with Crippen molar-refractivity contribution in [1.82, 2.24) is 14.9 Å². The van der Waals surface area contributed by atoms with Gasteiger partial charge in [-0.1, -0.05) is 29.8 Å². The zero-order valence-corrected chi connectivity index (χ0v) is 14.2. The molecular formula is C15H23ClN4S. The van der Waals surface area contributed by atoms with Crippen molar-refractivity contribution in [1.29, 1.82) is 0 Å². The van der Waals surface area contributed by atoms with Gasteiger partial charge in [0.25, 0.3) is 0 Å². The summed E-state index contributed by atoms with van der Waals surface area (Å²) in [4.78, 5) is 13.9. The Kier molecular flexibility index (Phi) is 5.24. The summed E-state index contributed by atoms with van der Waals surface area (Å²) in [5, 5.41) is 1.30. The van der Waals surface area contributed by atoms with Crippen molar-refractivity contribution in [3.05, 3.63) is 11.2 Å². The van der Waals surface area contributed by atoms with E-state index in [1.165, 1.54) is 45.2 Å². The molecule has 0 saturated carbocycles. The molecule has 2 fully saturated rings. The summed E-state index contributed by atoms with van der Waals surface area (Å²) in [7, 11) is 0. The Balaban J connectivity index is 1.61. The zero-order chi connectivity index (χ0) is 14.7. The van der Waals surface area contributed by atoms with Crippen LogP contribution in [-0.2, 0) is 0 Å². The van der Waals surface area contributed by atoms with E-state index in [-0.39, 0.29) is 0 Å². The molecule has 0 N–H and O–H groups in total. The molecule has 3 rings (SSSR count). The van der Waals surface area contributed by atoms with Crippen LogP contribution in [0.2, 0.25) is 5.15 Å². The molecule has 0 radical (unpaired) electrons. The van der Waals surface area contributed by atoms with E-state index >= 15 is 0 Å². The number of hydrogen-bond acceptors (Lipinski definition) is 5. The van der Waals surface area contributed by atoms with Crippen LogP contribution in [0.25, 0.3) is 0 Å². The van der Waals surface area contributed by atoms with Gasteiger partial charge in [0.05, 0.1) is 0 Å². The van der Waals surface area contributed by atoms with E-state index in [0.717, 1.165) is 30.1 Å². The van der Waals surface area contributed by atoms with Gasteiger partial charge in [-0.05, 0) is 45.0 Å². The number of halogens is 1. The summed E-state index contributed by atoms with van der Waals surface area (Å²) in [6.45, 7) is 4.73. The Labute approximate surface area is 136 Å². The van der Waals surface area contributed by atoms with E-state index in [2.05, 4.69) is 19.8 Å². The van der Waals surface area contributed by atoms with E-state index < -0.39 is 0 Å². The van der Waals surface area contributed by atoms with Gasteiger partial charge >= 0.3 is 0 Å². The van der Waals surface area contributed by atoms with Gasteiger partial charge in [-0.15, -0.1) is 0 Å². The van der Waals surface area contributed by atoms with Crippen molar-refractivity contribution in [2.24, 2.45) is 0 Å². The lowest BCUT2D eigenvalue weighted by atomic mass is 10.00. The van der Waals surface area contributed by atoms with Crippen LogP contribution in [0.15, 0.2) is 11.2 Å². The Morgan fingerprint density at radius 1 is 1.10 bits per heavy atom. The summed E-state index contributed by atoms with van der Waals surface area (Å²) >= 11 is 7.64. The van der Waals surface area contributed by atoms with Crippen molar-refractivity contribution in [2.75, 3.05) is 37.3 Å². The maximum atomic E-state index is 6.10. The number of rotatable bonds is 3. The van der Waals surface area contributed by atoms with Crippen LogP contribution >= 0.6 is 23.4 Å². The molecule has 1 aromatic rings. The standard InChI is InChI=1S/C15H23ClN4S/c1-21-15-17-13(16)11-14(18-15)20-9-5-12(6-10-20)19-7-3-2-4-8-19/h11-12H,2-10H2,1H3. The topological polar surface area (TPSA) is 32.3 Å². The number of anilines is 1. The van der Waals surface area contributed by atoms with Crippen molar-refractivity contribution in [3.8, 4) is 0 Å². The second-order valence-electron chi connectivity index (χ2n) is 5.85. The number of piperidine rings is 2. The Morgan fingerprint density at radius 3 is 2.48 bits per heavy atom. The second kappa shape index (κ2) is 7.16. The molecule has 4 nitrogen and oxygen atoms in total. The highest BCUT2D eigenvalue weighted by atomic mass is 35.5. The maximum absolute atomic E-state index is 6.10. The number of hydrogen-bond donors (Lipinski definition) is 0. The van der Waals surface area contributed by atoms with Crippen LogP contribution in [0.3, 0.4) is 0 Å². The molecule has 0 amide bonds. The van der Waals surface area contributed by atoms with Crippen molar-refractivity contribution < 1.29 is 0 Å². The lowest BCUT2D eigenvalue weighted by molar-refractivity contribution is 0.141. The van der Waals surface area contributed by atoms with Gasteiger partial charge in [0.1, 0.15) is 11.0 Å². The lowest BCUT2D eigenvalue weighted by Crippen LogP contribution is -2.47. The fourth-order valence-electron chi connectivity index (χ4n) is 3.38. The van der Waals surface area contributed by atoms with E-state index in [0.29, 0.717) is 5.15 Å². The normalized spacial score (nSPS) is 21.7. The molecule has 0 aliphatic carbocycles. The van der Waals surface area contributed by atoms with Crippen molar-refractivity contribution in [2.45, 2.75) is 43.3 Å². The van der Waals surface area contributed by atoms with Crippen LogP contribution in [0.1, 0.15) is 32.1 Å². The number of nitrogens with zero attached hydrogens (tertiary/aromatic N) is 4. The molecule has 0 aromatic carbocycles. The van der Waals surface area contributed by atoms with Gasteiger partial charge in [0, 0.05) is 25.2 Å². The third-order valence-electron chi connectivity index (χ3n) is 4.54. The Hall–Kier alpha value is -0.520. The van der Waals surface area contributed by atoms with Gasteiger partial charge in [-0.25, -0.2) is 9.97 Å². The van der Waals surface area contributed by atoms with Crippen LogP contribution in [0.4, 0.5) is 5.82 Å². The van der Waals surface area contributed by atoms with Gasteiger partial charge in [0.15, 0.2) is 5.16 Å². The summed E-state index contributed by atoms with van der Waals surface area (Å²) in [5.41, 5.74) is 0. The van der Waals surface area contributed by atoms with E-state index in [4.69, 9.17) is 11.6 Å². The highest BCUT2D eigenvalue weighted by Gasteiger charge is 2.26. The van der Waals surface area contributed by atoms with Crippen LogP contribution in [-0.4, -0.2) is 53.3 Å². The first-order valence-corrected chi connectivity index (χ1v) is 9.44. The maximum Gasteiger partial charge on any atom is 0.190 e. The van der Waals surface area contributed by atoms with Crippen LogP contribution in [0.5, 0.6) is 0 Å². The minimum Gasteiger partial charge on any atom is -0.356 e. The molecular weight excluding hydrogens is 304 g/mol. The highest BCUT2D eigenvalue weighted by molar-refractivity contribution is 7.98. The number of aromatic nitrogens is 2. The van der Waals surface area contributed by atoms with Crippen LogP contribution in [0, 0.1) is 0 Å². The molecule has 2 aliphatic rings. The smallest absolute Gasteiger partial charge is 0.190 e. The molecule has 6 heteroatoms. The van der Waals surface area contributed by atoms with Gasteiger partial charge < -0.3 is 9.80 Å². The van der Waals surface area contributed by atoms with Crippen LogP contribution < -0.4 is 4.90 Å². The fraction of sp³-hybridized carbons (Fsp3) is 0.733. The summed E-state index contributed by atoms with van der Waals surface area (Å²) in [6.07, 6.45) is 8.61. The molecule has 0 atom stereocenters. The monoisotopic (exact) mass is 326 g/mol. The van der Waals surface area contributed by atoms with Gasteiger partial charge in [0.2, 0.25) is 0 Å². The highest BCUT2D eigenvalue weighted by Crippen LogP contribution is 2.26. The number of thioether (sulfide) groups is 1. The Bertz CT molecular complexity index is 471. The summed E-state index contributed by atoms with van der Waals surface area (Å²) < 4.78 is 0. The van der Waals surface area contributed by atoms with E-state index in [9.17, 15) is 0 Å². The largest absolute Gasteiger partial charge is 0.356 e. The quantitative estimate of drug-likeness (QED) is 0.483. The predicted octanol–water partition coefficient (Wildman–Crippen LogP) is 3.31. The first kappa shape index (κ1) is 15.4. The third-order valence-corrected chi connectivity index (χ3v) is 5.28. The molecule has 3 heterocycles. The summed E-state index contributed by atoms with van der Waals surface area (Å²) in [5.74, 6) is 0.983. The van der Waals surface area contributed by atoms with Gasteiger partial charge in [-0.3, -0.25) is 0 Å². The molecule has 0 spiro atoms. The Morgan fingerprint density at radius 2 is 1.81 bits per heavy atom. The molecule has 116 valence electrons. The first-order chi connectivity index (χ1) is 10.3. The summed E-state index contributed by atoms with van der Waals surface area (Å²) in [6, 6.07) is 2.65. The molecule has 2 saturated heterocycles. The lowest BCUT2D eigenvalue weighted by Gasteiger charge is -2.40. The third kappa shape index (κ3) is 3.82. The molecule has 0 bridgehead atoms. The minimum absolute atomic E-state index is 0.544. The second-order valence-corrected chi connectivity index (χ2v) is 7.01. The SMILES string of the molecule is CSc1nc(Cl)cc(N2CCC(N3CCCCC3)CC2)n1. The predicted molar refractivity (Wildman–Crippen MR) is 89.5 cm³/mol. The first-order valence-electron chi connectivity index (χ1n) is 7.84.